The molecule has 0 spiro atoms. The highest BCUT2D eigenvalue weighted by molar-refractivity contribution is 7.91. The highest BCUT2D eigenvalue weighted by Crippen LogP contribution is 2.39. The van der Waals surface area contributed by atoms with E-state index in [0.29, 0.717) is 13.0 Å². The van der Waals surface area contributed by atoms with E-state index < -0.39 is 9.84 Å². The summed E-state index contributed by atoms with van der Waals surface area (Å²) < 4.78 is 25.6. The predicted octanol–water partition coefficient (Wildman–Crippen LogP) is 3.16. The SMILES string of the molecule is Cc1ccc(CNC(=O)CCS(=O)(=O)c2ccc3c(c2)C[C@H](C)N3C(=O)C2CC2)cc1. The van der Waals surface area contributed by atoms with Crippen molar-refractivity contribution >= 4 is 27.3 Å². The van der Waals surface area contributed by atoms with Gasteiger partial charge in [-0.2, -0.15) is 0 Å². The van der Waals surface area contributed by atoms with Gasteiger partial charge in [-0.1, -0.05) is 29.8 Å². The molecule has 1 aliphatic heterocycles. The fourth-order valence-corrected chi connectivity index (χ4v) is 5.29. The molecule has 0 unspecified atom stereocenters. The molecule has 1 saturated carbocycles. The molecule has 1 heterocycles. The average molecular weight is 441 g/mol. The minimum atomic E-state index is -3.59. The van der Waals surface area contributed by atoms with Crippen LogP contribution in [0.4, 0.5) is 5.69 Å². The first kappa shape index (κ1) is 21.6. The lowest BCUT2D eigenvalue weighted by Crippen LogP contribution is -2.36. The fraction of sp³-hybridized carbons (Fsp3) is 0.417. The highest BCUT2D eigenvalue weighted by atomic mass is 32.2. The Morgan fingerprint density at radius 2 is 1.81 bits per heavy atom. The van der Waals surface area contributed by atoms with Gasteiger partial charge in [0.2, 0.25) is 11.8 Å². The Bertz CT molecular complexity index is 1100. The summed E-state index contributed by atoms with van der Waals surface area (Å²) in [5.74, 6) is -0.270. The molecule has 4 rings (SSSR count). The predicted molar refractivity (Wildman–Crippen MR) is 120 cm³/mol. The van der Waals surface area contributed by atoms with E-state index in [1.165, 1.54) is 0 Å². The van der Waals surface area contributed by atoms with Gasteiger partial charge >= 0.3 is 0 Å². The molecule has 0 bridgehead atoms. The molecule has 0 aromatic heterocycles. The quantitative estimate of drug-likeness (QED) is 0.717. The summed E-state index contributed by atoms with van der Waals surface area (Å²) in [6.45, 7) is 4.36. The summed E-state index contributed by atoms with van der Waals surface area (Å²) in [6.07, 6.45) is 2.44. The molecule has 6 nitrogen and oxygen atoms in total. The van der Waals surface area contributed by atoms with Gasteiger partial charge < -0.3 is 10.2 Å². The maximum Gasteiger partial charge on any atom is 0.230 e. The van der Waals surface area contributed by atoms with Crippen molar-refractivity contribution in [1.29, 1.82) is 0 Å². The van der Waals surface area contributed by atoms with Crippen molar-refractivity contribution in [2.45, 2.75) is 57.0 Å². The monoisotopic (exact) mass is 440 g/mol. The maximum atomic E-state index is 12.8. The third kappa shape index (κ3) is 4.82. The Morgan fingerprint density at radius 3 is 2.48 bits per heavy atom. The topological polar surface area (TPSA) is 83.6 Å². The number of amides is 2. The molecule has 2 aromatic carbocycles. The van der Waals surface area contributed by atoms with Crippen LogP contribution in [-0.4, -0.2) is 32.0 Å². The van der Waals surface area contributed by atoms with Crippen LogP contribution in [0, 0.1) is 12.8 Å². The van der Waals surface area contributed by atoms with Gasteiger partial charge in [-0.25, -0.2) is 8.42 Å². The molecule has 1 atom stereocenters. The molecular formula is C24H28N2O4S. The number of nitrogens with zero attached hydrogens (tertiary/aromatic N) is 1. The van der Waals surface area contributed by atoms with Crippen LogP contribution in [0.5, 0.6) is 0 Å². The van der Waals surface area contributed by atoms with Crippen molar-refractivity contribution in [2.24, 2.45) is 5.92 Å². The van der Waals surface area contributed by atoms with Crippen LogP contribution in [-0.2, 0) is 32.4 Å². The van der Waals surface area contributed by atoms with Gasteiger partial charge in [-0.3, -0.25) is 9.59 Å². The van der Waals surface area contributed by atoms with Crippen LogP contribution in [0.15, 0.2) is 47.4 Å². The summed E-state index contributed by atoms with van der Waals surface area (Å²) in [5, 5.41) is 2.78. The van der Waals surface area contributed by atoms with E-state index in [9.17, 15) is 18.0 Å². The molecule has 1 fully saturated rings. The van der Waals surface area contributed by atoms with Crippen molar-refractivity contribution in [3.05, 3.63) is 59.2 Å². The zero-order valence-corrected chi connectivity index (χ0v) is 18.7. The molecule has 164 valence electrons. The summed E-state index contributed by atoms with van der Waals surface area (Å²) in [4.78, 5) is 26.8. The number of hydrogen-bond acceptors (Lipinski definition) is 4. The zero-order valence-electron chi connectivity index (χ0n) is 17.9. The number of carbonyl (C=O) groups excluding carboxylic acids is 2. The molecule has 2 amide bonds. The number of fused-ring (bicyclic) bond motifs is 1. The van der Waals surface area contributed by atoms with Crippen LogP contribution >= 0.6 is 0 Å². The number of benzene rings is 2. The third-order valence-electron chi connectivity index (χ3n) is 6.00. The van der Waals surface area contributed by atoms with E-state index in [4.69, 9.17) is 0 Å². The Kier molecular flexibility index (Phi) is 5.88. The summed E-state index contributed by atoms with van der Waals surface area (Å²) >= 11 is 0. The van der Waals surface area contributed by atoms with Crippen LogP contribution < -0.4 is 10.2 Å². The zero-order chi connectivity index (χ0) is 22.2. The van der Waals surface area contributed by atoms with Gasteiger partial charge in [-0.05, 0) is 62.4 Å². The van der Waals surface area contributed by atoms with Crippen molar-refractivity contribution in [2.75, 3.05) is 10.7 Å². The van der Waals surface area contributed by atoms with Crippen molar-refractivity contribution in [3.63, 3.8) is 0 Å². The largest absolute Gasteiger partial charge is 0.352 e. The first-order valence-electron chi connectivity index (χ1n) is 10.8. The van der Waals surface area contributed by atoms with E-state index >= 15 is 0 Å². The molecule has 2 aliphatic rings. The Hall–Kier alpha value is -2.67. The van der Waals surface area contributed by atoms with Gasteiger partial charge in [0.25, 0.3) is 0 Å². The van der Waals surface area contributed by atoms with Crippen LogP contribution in [0.25, 0.3) is 0 Å². The van der Waals surface area contributed by atoms with Crippen LogP contribution in [0.3, 0.4) is 0 Å². The van der Waals surface area contributed by atoms with E-state index in [1.54, 1.807) is 18.2 Å². The molecule has 0 saturated heterocycles. The Balaban J connectivity index is 1.37. The number of anilines is 1. The summed E-state index contributed by atoms with van der Waals surface area (Å²) in [6, 6.07) is 12.8. The molecular weight excluding hydrogens is 412 g/mol. The van der Waals surface area contributed by atoms with Gasteiger partial charge in [0, 0.05) is 30.6 Å². The second-order valence-electron chi connectivity index (χ2n) is 8.66. The number of nitrogens with one attached hydrogen (secondary N) is 1. The number of aryl methyl sites for hydroxylation is 1. The van der Waals surface area contributed by atoms with E-state index in [2.05, 4.69) is 5.32 Å². The first-order valence-corrected chi connectivity index (χ1v) is 12.4. The summed E-state index contributed by atoms with van der Waals surface area (Å²) in [7, 11) is -3.59. The van der Waals surface area contributed by atoms with Gasteiger partial charge in [-0.15, -0.1) is 0 Å². The lowest BCUT2D eigenvalue weighted by molar-refractivity contribution is -0.121. The Labute approximate surface area is 183 Å². The lowest BCUT2D eigenvalue weighted by atomic mass is 10.1. The number of carbonyl (C=O) groups is 2. The van der Waals surface area contributed by atoms with Gasteiger partial charge in [0.15, 0.2) is 9.84 Å². The highest BCUT2D eigenvalue weighted by Gasteiger charge is 2.39. The van der Waals surface area contributed by atoms with Crippen LogP contribution in [0.2, 0.25) is 0 Å². The van der Waals surface area contributed by atoms with Gasteiger partial charge in [0.1, 0.15) is 0 Å². The van der Waals surface area contributed by atoms with Gasteiger partial charge in [0.05, 0.1) is 10.6 Å². The van der Waals surface area contributed by atoms with E-state index in [-0.39, 0.29) is 40.8 Å². The summed E-state index contributed by atoms with van der Waals surface area (Å²) in [5.41, 5.74) is 3.82. The van der Waals surface area contributed by atoms with Crippen molar-refractivity contribution in [1.82, 2.24) is 5.32 Å². The smallest absolute Gasteiger partial charge is 0.230 e. The number of sulfone groups is 1. The first-order chi connectivity index (χ1) is 14.7. The minimum Gasteiger partial charge on any atom is -0.352 e. The molecule has 1 N–H and O–H groups in total. The number of hydrogen-bond donors (Lipinski definition) is 1. The minimum absolute atomic E-state index is 0.0357. The van der Waals surface area contributed by atoms with E-state index in [0.717, 1.165) is 35.2 Å². The molecule has 7 heteroatoms. The third-order valence-corrected chi connectivity index (χ3v) is 7.71. The van der Waals surface area contributed by atoms with Crippen LogP contribution in [0.1, 0.15) is 42.9 Å². The second kappa shape index (κ2) is 8.46. The average Bonchev–Trinajstić information content (AvgIpc) is 3.53. The van der Waals surface area contributed by atoms with E-state index in [1.807, 2.05) is 43.0 Å². The Morgan fingerprint density at radius 1 is 1.10 bits per heavy atom. The molecule has 31 heavy (non-hydrogen) atoms. The maximum absolute atomic E-state index is 12.8. The van der Waals surface area contributed by atoms with Crippen molar-refractivity contribution < 1.29 is 18.0 Å². The fourth-order valence-electron chi connectivity index (χ4n) is 4.00. The molecule has 1 aliphatic carbocycles. The second-order valence-corrected chi connectivity index (χ2v) is 10.8. The van der Waals surface area contributed by atoms with Crippen molar-refractivity contribution in [3.8, 4) is 0 Å². The molecule has 0 radical (unpaired) electrons. The lowest BCUT2D eigenvalue weighted by Gasteiger charge is -2.22. The molecule has 2 aromatic rings. The standard InChI is InChI=1S/C24H28N2O4S/c1-16-3-5-18(6-4-16)15-25-23(27)11-12-31(29,30)21-9-10-22-20(14-21)13-17(2)26(22)24(28)19-7-8-19/h3-6,9-10,14,17,19H,7-8,11-13,15H2,1-2H3,(H,25,27)/t17-/m0/s1. The number of rotatable bonds is 7. The normalized spacial score (nSPS) is 18.0.